The largest absolute Gasteiger partial charge is 0.338 e. The molecule has 8 nitrogen and oxygen atoms in total. The maximum absolute atomic E-state index is 10.8. The average Bonchev–Trinajstić information content (AvgIpc) is 3.12. The molecule has 1 aromatic carbocycles. The fourth-order valence-corrected chi connectivity index (χ4v) is 3.00. The Morgan fingerprint density at radius 1 is 1.36 bits per heavy atom. The SMILES string of the molecule is Cc1cc(C)n(Cc2cccc(-c3noc([C@@H]4C[C@@H]4[N+](=O)[O-])n3)c2)n1. The van der Waals surface area contributed by atoms with Gasteiger partial charge in [0.1, 0.15) is 5.92 Å². The van der Waals surface area contributed by atoms with E-state index in [2.05, 4.69) is 15.2 Å². The molecule has 4 rings (SSSR count). The standard InChI is InChI=1S/C17H17N5O3/c1-10-6-11(2)21(19-10)9-12-4-3-5-13(7-12)16-18-17(25-20-16)14-8-15(14)22(23)24/h3-7,14-15H,8-9H2,1-2H3/t14-,15+/m1/s1. The molecule has 0 spiro atoms. The Bertz CT molecular complexity index is 945. The van der Waals surface area contributed by atoms with Crippen molar-refractivity contribution < 1.29 is 9.45 Å². The van der Waals surface area contributed by atoms with Crippen LogP contribution in [0.5, 0.6) is 0 Å². The number of nitro groups is 1. The number of aryl methyl sites for hydroxylation is 2. The number of aromatic nitrogens is 4. The van der Waals surface area contributed by atoms with Gasteiger partial charge in [-0.2, -0.15) is 10.1 Å². The van der Waals surface area contributed by atoms with Crippen LogP contribution in [-0.4, -0.2) is 30.9 Å². The molecule has 0 bridgehead atoms. The molecule has 0 N–H and O–H groups in total. The molecule has 0 unspecified atom stereocenters. The van der Waals surface area contributed by atoms with Gasteiger partial charge in [-0.15, -0.1) is 0 Å². The second-order valence-electron chi connectivity index (χ2n) is 6.44. The van der Waals surface area contributed by atoms with Crippen LogP contribution in [0.2, 0.25) is 0 Å². The van der Waals surface area contributed by atoms with Crippen LogP contribution in [-0.2, 0) is 6.54 Å². The van der Waals surface area contributed by atoms with Gasteiger partial charge in [0.05, 0.1) is 12.2 Å². The number of hydrogen-bond donors (Lipinski definition) is 0. The van der Waals surface area contributed by atoms with E-state index in [-0.39, 0.29) is 10.8 Å². The molecule has 25 heavy (non-hydrogen) atoms. The van der Waals surface area contributed by atoms with E-state index >= 15 is 0 Å². The lowest BCUT2D eigenvalue weighted by Gasteiger charge is -2.05. The summed E-state index contributed by atoms with van der Waals surface area (Å²) in [5, 5.41) is 19.2. The Morgan fingerprint density at radius 3 is 2.88 bits per heavy atom. The molecule has 1 aliphatic carbocycles. The van der Waals surface area contributed by atoms with Gasteiger partial charge in [-0.25, -0.2) is 0 Å². The first-order valence-corrected chi connectivity index (χ1v) is 8.09. The molecule has 2 atom stereocenters. The van der Waals surface area contributed by atoms with Gasteiger partial charge in [0.15, 0.2) is 0 Å². The lowest BCUT2D eigenvalue weighted by atomic mass is 10.1. The molecule has 2 aromatic heterocycles. The minimum atomic E-state index is -0.592. The highest BCUT2D eigenvalue weighted by atomic mass is 16.6. The van der Waals surface area contributed by atoms with Crippen LogP contribution in [0.3, 0.4) is 0 Å². The smallest absolute Gasteiger partial charge is 0.237 e. The Labute approximate surface area is 143 Å². The van der Waals surface area contributed by atoms with Crippen molar-refractivity contribution in [3.05, 3.63) is 63.3 Å². The summed E-state index contributed by atoms with van der Waals surface area (Å²) < 4.78 is 7.17. The van der Waals surface area contributed by atoms with E-state index in [0.717, 1.165) is 22.5 Å². The van der Waals surface area contributed by atoms with Gasteiger partial charge in [-0.3, -0.25) is 14.8 Å². The van der Waals surface area contributed by atoms with Gasteiger partial charge in [-0.1, -0.05) is 23.4 Å². The summed E-state index contributed by atoms with van der Waals surface area (Å²) in [5.74, 6) is 0.550. The Morgan fingerprint density at radius 2 is 2.20 bits per heavy atom. The van der Waals surface area contributed by atoms with Gasteiger partial charge in [0, 0.05) is 22.6 Å². The molecule has 3 aromatic rings. The lowest BCUT2D eigenvalue weighted by Crippen LogP contribution is -2.04. The van der Waals surface area contributed by atoms with Crippen LogP contribution >= 0.6 is 0 Å². The molecule has 0 aliphatic heterocycles. The van der Waals surface area contributed by atoms with E-state index in [0.29, 0.717) is 24.7 Å². The zero-order valence-corrected chi connectivity index (χ0v) is 13.9. The zero-order chi connectivity index (χ0) is 17.6. The van der Waals surface area contributed by atoms with Gasteiger partial charge in [0.25, 0.3) is 0 Å². The van der Waals surface area contributed by atoms with Gasteiger partial charge in [0.2, 0.25) is 17.8 Å². The number of hydrogen-bond acceptors (Lipinski definition) is 6. The second-order valence-corrected chi connectivity index (χ2v) is 6.44. The molecule has 128 valence electrons. The highest BCUT2D eigenvalue weighted by Crippen LogP contribution is 2.42. The maximum Gasteiger partial charge on any atom is 0.237 e. The molecular weight excluding hydrogens is 322 g/mol. The molecule has 1 saturated carbocycles. The molecule has 1 fully saturated rings. The first-order valence-electron chi connectivity index (χ1n) is 8.09. The third kappa shape index (κ3) is 3.02. The van der Waals surface area contributed by atoms with Gasteiger partial charge >= 0.3 is 0 Å². The predicted molar refractivity (Wildman–Crippen MR) is 88.7 cm³/mol. The molecule has 1 aliphatic rings. The summed E-state index contributed by atoms with van der Waals surface area (Å²) in [6, 6.07) is 9.29. The molecule has 0 radical (unpaired) electrons. The third-order valence-electron chi connectivity index (χ3n) is 4.41. The minimum absolute atomic E-state index is 0.255. The first-order chi connectivity index (χ1) is 12.0. The van der Waals surface area contributed by atoms with E-state index in [1.54, 1.807) is 0 Å². The van der Waals surface area contributed by atoms with Crippen molar-refractivity contribution >= 4 is 0 Å². The van der Waals surface area contributed by atoms with E-state index in [4.69, 9.17) is 4.52 Å². The zero-order valence-electron chi connectivity index (χ0n) is 13.9. The van der Waals surface area contributed by atoms with Crippen LogP contribution in [0, 0.1) is 24.0 Å². The van der Waals surface area contributed by atoms with Crippen molar-refractivity contribution in [3.63, 3.8) is 0 Å². The van der Waals surface area contributed by atoms with Crippen molar-refractivity contribution in [2.45, 2.75) is 38.8 Å². The summed E-state index contributed by atoms with van der Waals surface area (Å²) in [6.45, 7) is 4.65. The van der Waals surface area contributed by atoms with Crippen molar-refractivity contribution in [2.24, 2.45) is 0 Å². The summed E-state index contributed by atoms with van der Waals surface area (Å²) in [6.07, 6.45) is 0.465. The summed E-state index contributed by atoms with van der Waals surface area (Å²) >= 11 is 0. The highest BCUT2D eigenvalue weighted by Gasteiger charge is 2.53. The monoisotopic (exact) mass is 339 g/mol. The van der Waals surface area contributed by atoms with Gasteiger partial charge in [-0.05, 0) is 31.5 Å². The summed E-state index contributed by atoms with van der Waals surface area (Å²) in [5.41, 5.74) is 3.99. The highest BCUT2D eigenvalue weighted by molar-refractivity contribution is 5.55. The molecule has 0 amide bonds. The van der Waals surface area contributed by atoms with Crippen LogP contribution in [0.4, 0.5) is 0 Å². The number of nitrogens with zero attached hydrogens (tertiary/aromatic N) is 5. The fourth-order valence-electron chi connectivity index (χ4n) is 3.00. The summed E-state index contributed by atoms with van der Waals surface area (Å²) in [4.78, 5) is 14.8. The van der Waals surface area contributed by atoms with Crippen LogP contribution < -0.4 is 0 Å². The predicted octanol–water partition coefficient (Wildman–Crippen LogP) is 2.73. The first kappa shape index (κ1) is 15.5. The van der Waals surface area contributed by atoms with Crippen LogP contribution in [0.1, 0.15) is 35.2 Å². The number of rotatable bonds is 5. The summed E-state index contributed by atoms with van der Waals surface area (Å²) in [7, 11) is 0. The van der Waals surface area contributed by atoms with Crippen LogP contribution in [0.15, 0.2) is 34.9 Å². The van der Waals surface area contributed by atoms with E-state index < -0.39 is 6.04 Å². The Balaban J connectivity index is 1.55. The minimum Gasteiger partial charge on any atom is -0.338 e. The van der Waals surface area contributed by atoms with Crippen LogP contribution in [0.25, 0.3) is 11.4 Å². The maximum atomic E-state index is 10.8. The van der Waals surface area contributed by atoms with Crippen molar-refractivity contribution in [3.8, 4) is 11.4 Å². The van der Waals surface area contributed by atoms with Gasteiger partial charge < -0.3 is 4.52 Å². The second kappa shape index (κ2) is 5.80. The topological polar surface area (TPSA) is 99.9 Å². The Hall–Kier alpha value is -3.03. The van der Waals surface area contributed by atoms with E-state index in [1.165, 1.54) is 0 Å². The molecular formula is C17H17N5O3. The van der Waals surface area contributed by atoms with E-state index in [1.807, 2.05) is 48.9 Å². The quantitative estimate of drug-likeness (QED) is 0.523. The van der Waals surface area contributed by atoms with E-state index in [9.17, 15) is 10.1 Å². The van der Waals surface area contributed by atoms with Crippen molar-refractivity contribution in [2.75, 3.05) is 0 Å². The van der Waals surface area contributed by atoms with Crippen molar-refractivity contribution in [1.82, 2.24) is 19.9 Å². The number of benzene rings is 1. The normalized spacial score (nSPS) is 19.1. The lowest BCUT2D eigenvalue weighted by molar-refractivity contribution is -0.496. The molecule has 8 heteroatoms. The Kier molecular flexibility index (Phi) is 3.60. The molecule has 2 heterocycles. The third-order valence-corrected chi connectivity index (χ3v) is 4.41. The average molecular weight is 339 g/mol. The molecule has 0 saturated heterocycles. The fraction of sp³-hybridized carbons (Fsp3) is 0.353. The van der Waals surface area contributed by atoms with Crippen molar-refractivity contribution in [1.29, 1.82) is 0 Å².